The summed E-state index contributed by atoms with van der Waals surface area (Å²) in [7, 11) is 0. The second-order valence-corrected chi connectivity index (χ2v) is 10.5. The van der Waals surface area contributed by atoms with Crippen LogP contribution in [0.15, 0.2) is 65.8 Å². The molecule has 0 N–H and O–H groups in total. The number of halogens is 1. The van der Waals surface area contributed by atoms with Crippen molar-refractivity contribution < 1.29 is 4.79 Å². The van der Waals surface area contributed by atoms with Gasteiger partial charge in [0.15, 0.2) is 5.13 Å². The number of thioether (sulfide) groups is 1. The zero-order valence-corrected chi connectivity index (χ0v) is 19.9. The van der Waals surface area contributed by atoms with Crippen LogP contribution in [0.2, 0.25) is 5.02 Å². The summed E-state index contributed by atoms with van der Waals surface area (Å²) in [6.45, 7) is 6.71. The second kappa shape index (κ2) is 9.39. The first kappa shape index (κ1) is 21.8. The Morgan fingerprint density at radius 2 is 1.81 bits per heavy atom. The number of anilines is 1. The Kier molecular flexibility index (Phi) is 6.60. The van der Waals surface area contributed by atoms with E-state index >= 15 is 0 Å². The molecule has 2 aromatic heterocycles. The van der Waals surface area contributed by atoms with E-state index in [1.54, 1.807) is 29.1 Å². The highest BCUT2D eigenvalue weighted by molar-refractivity contribution is 7.99. The smallest absolute Gasteiger partial charge is 0.260 e. The Balaban J connectivity index is 1.73. The van der Waals surface area contributed by atoms with Gasteiger partial charge in [0.05, 0.1) is 21.8 Å². The summed E-state index contributed by atoms with van der Waals surface area (Å²) < 4.78 is 0.896. The van der Waals surface area contributed by atoms with Crippen molar-refractivity contribution in [3.8, 4) is 0 Å². The van der Waals surface area contributed by atoms with Crippen LogP contribution in [0.25, 0.3) is 10.2 Å². The minimum absolute atomic E-state index is 0.0919. The number of pyridine rings is 1. The number of nitrogens with zero attached hydrogens (tertiary/aromatic N) is 3. The van der Waals surface area contributed by atoms with Crippen LogP contribution in [0.4, 0.5) is 5.13 Å². The Labute approximate surface area is 195 Å². The number of hydrogen-bond donors (Lipinski definition) is 0. The number of carbonyl (C=O) groups excluding carboxylic acids is 1. The largest absolute Gasteiger partial charge is 0.279 e. The predicted molar refractivity (Wildman–Crippen MR) is 132 cm³/mol. The molecular weight excluding hydrogens is 446 g/mol. The van der Waals surface area contributed by atoms with E-state index in [1.807, 2.05) is 55.5 Å². The number of benzene rings is 2. The molecule has 31 heavy (non-hydrogen) atoms. The van der Waals surface area contributed by atoms with E-state index in [1.165, 1.54) is 11.3 Å². The molecule has 0 atom stereocenters. The van der Waals surface area contributed by atoms with Gasteiger partial charge in [-0.25, -0.2) is 4.98 Å². The lowest BCUT2D eigenvalue weighted by atomic mass is 10.2. The molecule has 0 bridgehead atoms. The Bertz CT molecular complexity index is 1170. The number of amides is 1. The van der Waals surface area contributed by atoms with E-state index in [-0.39, 0.29) is 5.91 Å². The molecule has 0 unspecified atom stereocenters. The monoisotopic (exact) mass is 467 g/mol. The van der Waals surface area contributed by atoms with Crippen molar-refractivity contribution in [1.29, 1.82) is 0 Å². The molecular formula is C24H22ClN3OS2. The van der Waals surface area contributed by atoms with E-state index in [9.17, 15) is 4.79 Å². The van der Waals surface area contributed by atoms with Crippen LogP contribution in [0.5, 0.6) is 0 Å². The lowest BCUT2D eigenvalue weighted by Crippen LogP contribution is -2.30. The van der Waals surface area contributed by atoms with Gasteiger partial charge in [-0.15, -0.1) is 11.8 Å². The molecule has 0 aliphatic carbocycles. The molecule has 2 heterocycles. The van der Waals surface area contributed by atoms with Gasteiger partial charge in [-0.2, -0.15) is 0 Å². The molecule has 0 aliphatic rings. The first-order valence-electron chi connectivity index (χ1n) is 9.95. The van der Waals surface area contributed by atoms with Crippen molar-refractivity contribution in [3.05, 3.63) is 82.6 Å². The van der Waals surface area contributed by atoms with Crippen molar-refractivity contribution >= 4 is 56.0 Å². The summed E-state index contributed by atoms with van der Waals surface area (Å²) in [5, 5.41) is 1.77. The SMILES string of the molecule is Cc1ccc(Cl)c2sc(N(Cc3ccncc3)C(=O)c3ccc(SC(C)C)cc3)nc12. The van der Waals surface area contributed by atoms with Crippen LogP contribution in [0, 0.1) is 6.92 Å². The lowest BCUT2D eigenvalue weighted by molar-refractivity contribution is 0.0985. The fourth-order valence-electron chi connectivity index (χ4n) is 3.21. The van der Waals surface area contributed by atoms with Crippen molar-refractivity contribution in [1.82, 2.24) is 9.97 Å². The summed E-state index contributed by atoms with van der Waals surface area (Å²) in [6.07, 6.45) is 3.46. The van der Waals surface area contributed by atoms with Gasteiger partial charge in [0.25, 0.3) is 5.91 Å². The van der Waals surface area contributed by atoms with Crippen molar-refractivity contribution in [2.45, 2.75) is 37.5 Å². The van der Waals surface area contributed by atoms with Gasteiger partial charge in [-0.1, -0.05) is 42.9 Å². The van der Waals surface area contributed by atoms with E-state index in [0.29, 0.717) is 27.5 Å². The Hall–Kier alpha value is -2.41. The Morgan fingerprint density at radius 3 is 2.45 bits per heavy atom. The fraction of sp³-hybridized carbons (Fsp3) is 0.208. The summed E-state index contributed by atoms with van der Waals surface area (Å²) in [5.41, 5.74) is 3.48. The topological polar surface area (TPSA) is 46.1 Å². The number of aryl methyl sites for hydroxylation is 1. The highest BCUT2D eigenvalue weighted by Gasteiger charge is 2.23. The summed E-state index contributed by atoms with van der Waals surface area (Å²) in [4.78, 5) is 25.3. The summed E-state index contributed by atoms with van der Waals surface area (Å²) in [5.74, 6) is -0.0919. The van der Waals surface area contributed by atoms with Crippen LogP contribution in [-0.4, -0.2) is 21.1 Å². The highest BCUT2D eigenvalue weighted by atomic mass is 35.5. The molecule has 2 aromatic carbocycles. The zero-order valence-electron chi connectivity index (χ0n) is 17.5. The minimum Gasteiger partial charge on any atom is -0.279 e. The average molecular weight is 468 g/mol. The van der Waals surface area contributed by atoms with E-state index < -0.39 is 0 Å². The van der Waals surface area contributed by atoms with E-state index in [0.717, 1.165) is 26.2 Å². The van der Waals surface area contributed by atoms with Gasteiger partial charge in [0.2, 0.25) is 0 Å². The van der Waals surface area contributed by atoms with Gasteiger partial charge in [0, 0.05) is 28.1 Å². The molecule has 4 aromatic rings. The number of thiazole rings is 1. The van der Waals surface area contributed by atoms with Gasteiger partial charge in [-0.05, 0) is 60.5 Å². The molecule has 0 fully saturated rings. The second-order valence-electron chi connectivity index (χ2n) is 7.48. The van der Waals surface area contributed by atoms with Gasteiger partial charge in [0.1, 0.15) is 0 Å². The molecule has 0 radical (unpaired) electrons. The van der Waals surface area contributed by atoms with Crippen LogP contribution in [0.1, 0.15) is 35.3 Å². The molecule has 0 saturated carbocycles. The normalized spacial score (nSPS) is 11.3. The van der Waals surface area contributed by atoms with E-state index in [4.69, 9.17) is 16.6 Å². The molecule has 0 spiro atoms. The number of hydrogen-bond acceptors (Lipinski definition) is 5. The van der Waals surface area contributed by atoms with E-state index in [2.05, 4.69) is 18.8 Å². The number of rotatable bonds is 6. The summed E-state index contributed by atoms with van der Waals surface area (Å²) in [6, 6.07) is 15.4. The van der Waals surface area contributed by atoms with Crippen LogP contribution in [0.3, 0.4) is 0 Å². The fourth-order valence-corrected chi connectivity index (χ4v) is 5.36. The van der Waals surface area contributed by atoms with Crippen molar-refractivity contribution in [2.24, 2.45) is 0 Å². The molecule has 4 rings (SSSR count). The molecule has 1 amide bonds. The van der Waals surface area contributed by atoms with Gasteiger partial charge >= 0.3 is 0 Å². The standard InChI is InChI=1S/C24H22ClN3OS2/c1-15(2)30-19-7-5-18(6-8-19)23(29)28(14-17-10-12-26-13-11-17)24-27-21-16(3)4-9-20(25)22(21)31-24/h4-13,15H,14H2,1-3H3. The zero-order chi connectivity index (χ0) is 22.0. The predicted octanol–water partition coefficient (Wildman–Crippen LogP) is 7.00. The minimum atomic E-state index is -0.0919. The van der Waals surface area contributed by atoms with Crippen LogP contribution in [-0.2, 0) is 6.54 Å². The number of fused-ring (bicyclic) bond motifs is 1. The Morgan fingerprint density at radius 1 is 1.10 bits per heavy atom. The highest BCUT2D eigenvalue weighted by Crippen LogP contribution is 2.36. The van der Waals surface area contributed by atoms with Gasteiger partial charge < -0.3 is 0 Å². The molecule has 0 aliphatic heterocycles. The molecule has 4 nitrogen and oxygen atoms in total. The summed E-state index contributed by atoms with van der Waals surface area (Å²) >= 11 is 9.64. The van der Waals surface area contributed by atoms with Crippen LogP contribution >= 0.6 is 34.7 Å². The maximum Gasteiger partial charge on any atom is 0.260 e. The third kappa shape index (κ3) is 4.92. The third-order valence-corrected chi connectivity index (χ3v) is 7.28. The average Bonchev–Trinajstić information content (AvgIpc) is 3.22. The maximum absolute atomic E-state index is 13.6. The number of aromatic nitrogens is 2. The molecule has 0 saturated heterocycles. The van der Waals surface area contributed by atoms with Crippen molar-refractivity contribution in [3.63, 3.8) is 0 Å². The lowest BCUT2D eigenvalue weighted by Gasteiger charge is -2.20. The maximum atomic E-state index is 13.6. The molecule has 7 heteroatoms. The molecule has 158 valence electrons. The van der Waals surface area contributed by atoms with Crippen LogP contribution < -0.4 is 4.90 Å². The third-order valence-electron chi connectivity index (χ3n) is 4.73. The number of carbonyl (C=O) groups is 1. The van der Waals surface area contributed by atoms with Crippen molar-refractivity contribution in [2.75, 3.05) is 4.90 Å². The first-order chi connectivity index (χ1) is 14.9. The first-order valence-corrected chi connectivity index (χ1v) is 12.0. The quantitative estimate of drug-likeness (QED) is 0.286. The van der Waals surface area contributed by atoms with Gasteiger partial charge in [-0.3, -0.25) is 14.7 Å².